The van der Waals surface area contributed by atoms with Gasteiger partial charge in [-0.2, -0.15) is 13.2 Å². The van der Waals surface area contributed by atoms with E-state index in [2.05, 4.69) is 84.0 Å². The third-order valence-corrected chi connectivity index (χ3v) is 17.0. The zero-order valence-electron chi connectivity index (χ0n) is 44.5. The van der Waals surface area contributed by atoms with Gasteiger partial charge in [-0.1, -0.05) is 25.0 Å². The van der Waals surface area contributed by atoms with E-state index in [9.17, 15) is 27.6 Å². The second kappa shape index (κ2) is 24.4. The number of pyridine rings is 1. The fraction of sp³-hybridized carbons (Fsp3) is 0.458. The predicted molar refractivity (Wildman–Crippen MR) is 305 cm³/mol. The Kier molecular flexibility index (Phi) is 17.1. The fourth-order valence-electron chi connectivity index (χ4n) is 11.4. The molecule has 4 aliphatic rings. The van der Waals surface area contributed by atoms with Crippen LogP contribution in [0.5, 0.6) is 0 Å². The number of hydrogen-bond donors (Lipinski definition) is 8. The van der Waals surface area contributed by atoms with Gasteiger partial charge in [0.25, 0.3) is 11.8 Å². The first kappa shape index (κ1) is 54.5. The van der Waals surface area contributed by atoms with E-state index in [0.29, 0.717) is 69.5 Å². The Balaban J connectivity index is 0.644. The van der Waals surface area contributed by atoms with Gasteiger partial charge >= 0.3 is 6.18 Å². The monoisotopic (exact) mass is 1080 g/mol. The van der Waals surface area contributed by atoms with Gasteiger partial charge in [-0.25, -0.2) is 4.98 Å². The highest BCUT2D eigenvalue weighted by atomic mass is 32.1. The number of aryl methyl sites for hydroxylation is 1. The van der Waals surface area contributed by atoms with E-state index in [1.54, 1.807) is 42.5 Å². The van der Waals surface area contributed by atoms with Gasteiger partial charge in [0.05, 0.1) is 35.2 Å². The van der Waals surface area contributed by atoms with E-state index in [1.807, 2.05) is 25.1 Å². The first-order valence-electron chi connectivity index (χ1n) is 27.6. The fourth-order valence-corrected chi connectivity index (χ4v) is 12.4. The van der Waals surface area contributed by atoms with Crippen LogP contribution in [0.15, 0.2) is 78.9 Å². The molecular formula is C59H71F3N12O3S. The molecule has 1 aliphatic carbocycles. The van der Waals surface area contributed by atoms with Crippen LogP contribution in [0.3, 0.4) is 0 Å². The smallest absolute Gasteiger partial charge is 0.397 e. The minimum atomic E-state index is -4.42. The molecule has 0 saturated carbocycles. The van der Waals surface area contributed by atoms with Crippen LogP contribution in [0.25, 0.3) is 21.1 Å². The molecule has 19 heteroatoms. The molecule has 3 atom stereocenters. The van der Waals surface area contributed by atoms with Gasteiger partial charge in [-0.15, -0.1) is 11.3 Å². The van der Waals surface area contributed by atoms with Crippen LogP contribution < -0.4 is 47.9 Å². The summed E-state index contributed by atoms with van der Waals surface area (Å²) in [7, 11) is 0. The van der Waals surface area contributed by atoms with E-state index in [-0.39, 0.29) is 54.0 Å². The number of thiophene rings is 1. The number of alkyl halides is 3. The minimum Gasteiger partial charge on any atom is -0.397 e. The number of hydrogen-bond acceptors (Lipinski definition) is 12. The quantitative estimate of drug-likeness (QED) is 0.0442. The largest absolute Gasteiger partial charge is 0.406 e. The van der Waals surface area contributed by atoms with E-state index in [1.165, 1.54) is 32.7 Å². The highest BCUT2D eigenvalue weighted by Gasteiger charge is 2.31. The van der Waals surface area contributed by atoms with Crippen molar-refractivity contribution in [3.8, 4) is 11.8 Å². The maximum absolute atomic E-state index is 13.7. The number of piperidine rings is 2. The van der Waals surface area contributed by atoms with Gasteiger partial charge < -0.3 is 57.3 Å². The van der Waals surface area contributed by atoms with Crippen molar-refractivity contribution in [1.29, 1.82) is 0 Å². The number of halogens is 3. The lowest BCUT2D eigenvalue weighted by Crippen LogP contribution is -2.50. The van der Waals surface area contributed by atoms with Crippen LogP contribution in [-0.4, -0.2) is 122 Å². The minimum absolute atomic E-state index is 0.00959. The number of amides is 3. The average Bonchev–Trinajstić information content (AvgIpc) is 4.05. The topological polar surface area (TPSA) is 186 Å². The number of benzene rings is 3. The lowest BCUT2D eigenvalue weighted by atomic mass is 9.87. The summed E-state index contributed by atoms with van der Waals surface area (Å²) >= 11 is 1.28. The Bertz CT molecular complexity index is 3170. The summed E-state index contributed by atoms with van der Waals surface area (Å²) in [6.45, 7) is 10.5. The first-order valence-corrected chi connectivity index (χ1v) is 28.5. The van der Waals surface area contributed by atoms with Gasteiger partial charge in [0.2, 0.25) is 5.91 Å². The highest BCUT2D eigenvalue weighted by Crippen LogP contribution is 2.35. The van der Waals surface area contributed by atoms with Crippen molar-refractivity contribution in [2.75, 3.05) is 86.7 Å². The van der Waals surface area contributed by atoms with Crippen LogP contribution >= 0.6 is 11.3 Å². The molecule has 9 N–H and O–H groups in total. The standard InChI is InChI=1S/C59H71F3N12O3S/c1-3-42-35-73(31-27-66-42)46-16-12-40-32-45(15-11-41(40)33-46)70-57(77)54-53(63)48-17-18-50(71-58(48)78-54)37(2)68-56(76)39-21-28-72(29-22-39)30-26-67-55(75)38-9-13-43(14-10-38)65-23-5-6-47-34-49-51(69-44-19-24-64-25-20-44)7-4-8-52(49)74(47)36-59(60,61)62/h4,7-10,12-14,16-18,33-34,37,39,42,44-45,64-66,69H,3,11,15,19-32,35-36,63H2,1-2H3,(H,67,75)(H,68,76)(H,70,77)/t37?,42-,45+/m1/s1. The molecule has 3 aliphatic heterocycles. The molecule has 10 rings (SSSR count). The number of carbonyl (C=O) groups is 3. The van der Waals surface area contributed by atoms with Crippen molar-refractivity contribution in [1.82, 2.24) is 41.0 Å². The van der Waals surface area contributed by atoms with E-state index in [4.69, 9.17) is 10.7 Å². The number of nitrogens with zero attached hydrogens (tertiary/aromatic N) is 4. The van der Waals surface area contributed by atoms with Crippen LogP contribution in [0.2, 0.25) is 0 Å². The number of likely N-dealkylation sites (tertiary alicyclic amines) is 1. The number of piperazine rings is 1. The SMILES string of the molecule is CC[C@@H]1CN(c2ccc3c(c2)CC[C@H](NC(=O)c2sc4nc(C(C)NC(=O)C5CCN(CCNC(=O)c6ccc(NCC#Cc7cc8c(NC9CCNCC9)cccc8n7CC(F)(F)F)cc6)CC5)ccc4c2N)C3)CCN1. The molecule has 412 valence electrons. The molecule has 3 amide bonds. The number of carbonyl (C=O) groups excluding carboxylic acids is 3. The predicted octanol–water partition coefficient (Wildman–Crippen LogP) is 7.82. The number of aromatic nitrogens is 2. The molecule has 0 spiro atoms. The molecule has 3 aromatic carbocycles. The summed E-state index contributed by atoms with van der Waals surface area (Å²) in [5.41, 5.74) is 14.4. The summed E-state index contributed by atoms with van der Waals surface area (Å²) in [5.74, 6) is 5.39. The molecule has 78 heavy (non-hydrogen) atoms. The van der Waals surface area contributed by atoms with Gasteiger partial charge in [0, 0.05) is 90.2 Å². The second-order valence-corrected chi connectivity index (χ2v) is 22.3. The third-order valence-electron chi connectivity index (χ3n) is 15.9. The van der Waals surface area contributed by atoms with Gasteiger partial charge in [-0.05, 0) is 168 Å². The lowest BCUT2D eigenvalue weighted by molar-refractivity contribution is -0.140. The van der Waals surface area contributed by atoms with Crippen LogP contribution in [-0.2, 0) is 24.2 Å². The lowest BCUT2D eigenvalue weighted by Gasteiger charge is -2.36. The molecule has 3 fully saturated rings. The number of fused-ring (bicyclic) bond motifs is 3. The van der Waals surface area contributed by atoms with Crippen molar-refractivity contribution >= 4 is 72.9 Å². The van der Waals surface area contributed by atoms with Crippen molar-refractivity contribution in [2.24, 2.45) is 5.92 Å². The second-order valence-electron chi connectivity index (χ2n) is 21.3. The Hall–Kier alpha value is -6.85. The number of anilines is 4. The van der Waals surface area contributed by atoms with E-state index >= 15 is 0 Å². The summed E-state index contributed by atoms with van der Waals surface area (Å²) in [6, 6.07) is 25.1. The number of rotatable bonds is 16. The molecule has 15 nitrogen and oxygen atoms in total. The van der Waals surface area contributed by atoms with Crippen molar-refractivity contribution < 1.29 is 27.6 Å². The van der Waals surface area contributed by atoms with Crippen molar-refractivity contribution in [2.45, 2.75) is 102 Å². The molecular weight excluding hydrogens is 1010 g/mol. The Morgan fingerprint density at radius 2 is 1.71 bits per heavy atom. The van der Waals surface area contributed by atoms with Gasteiger partial charge in [0.1, 0.15) is 16.3 Å². The summed E-state index contributed by atoms with van der Waals surface area (Å²) in [5, 5.41) is 24.5. The van der Waals surface area contributed by atoms with Gasteiger partial charge in [-0.3, -0.25) is 14.4 Å². The number of nitrogens with two attached hydrogens (primary N) is 1. The van der Waals surface area contributed by atoms with Crippen molar-refractivity contribution in [3.05, 3.63) is 112 Å². The Morgan fingerprint density at radius 1 is 0.897 bits per heavy atom. The Labute approximate surface area is 458 Å². The summed E-state index contributed by atoms with van der Waals surface area (Å²) in [4.78, 5) is 50.9. The van der Waals surface area contributed by atoms with Gasteiger partial charge in [0.15, 0.2) is 0 Å². The zero-order chi connectivity index (χ0) is 54.3. The molecule has 0 radical (unpaired) electrons. The average molecular weight is 1090 g/mol. The van der Waals surface area contributed by atoms with E-state index in [0.717, 1.165) is 101 Å². The Morgan fingerprint density at radius 3 is 2.49 bits per heavy atom. The molecule has 0 bridgehead atoms. The number of nitrogens with one attached hydrogen (secondary N) is 7. The van der Waals surface area contributed by atoms with Crippen LogP contribution in [0.1, 0.15) is 101 Å². The highest BCUT2D eigenvalue weighted by molar-refractivity contribution is 7.21. The maximum Gasteiger partial charge on any atom is 0.406 e. The molecule has 3 saturated heterocycles. The number of nitrogen functional groups attached to an aromatic ring is 1. The third kappa shape index (κ3) is 13.2. The molecule has 6 aromatic rings. The van der Waals surface area contributed by atoms with Crippen LogP contribution in [0, 0.1) is 17.8 Å². The molecule has 6 heterocycles. The summed E-state index contributed by atoms with van der Waals surface area (Å²) < 4.78 is 42.5. The zero-order valence-corrected chi connectivity index (χ0v) is 45.3. The summed E-state index contributed by atoms with van der Waals surface area (Å²) in [6.07, 6.45) is 2.49. The van der Waals surface area contributed by atoms with Crippen LogP contribution in [0.4, 0.5) is 35.9 Å². The normalized spacial score (nSPS) is 18.9. The van der Waals surface area contributed by atoms with E-state index < -0.39 is 12.7 Å². The maximum atomic E-state index is 13.7. The van der Waals surface area contributed by atoms with Crippen molar-refractivity contribution in [3.63, 3.8) is 0 Å². The molecule has 1 unspecified atom stereocenters. The molecule has 3 aromatic heterocycles. The first-order chi connectivity index (χ1) is 37.7.